The molecule has 21 aliphatic heterocycles. The lowest BCUT2D eigenvalue weighted by Crippen LogP contribution is -2.68. The Morgan fingerprint density at radius 1 is 0.197 bits per heavy atom. The molecule has 0 radical (unpaired) electrons. The predicted molar refractivity (Wildman–Crippen MR) is 227 cm³/mol. The lowest BCUT2D eigenvalue weighted by atomic mass is 9.95. The van der Waals surface area contributed by atoms with Crippen molar-refractivity contribution in [2.45, 2.75) is 222 Å². The van der Waals surface area contributed by atoms with Crippen molar-refractivity contribution < 1.29 is 168 Å². The molecule has 0 aromatic heterocycles. The fourth-order valence-corrected chi connectivity index (χ4v) is 10.4. The van der Waals surface area contributed by atoms with Gasteiger partial charge < -0.3 is 168 Å². The van der Waals surface area contributed by atoms with E-state index in [9.17, 15) is 102 Å². The molecule has 14 bridgehead atoms. The van der Waals surface area contributed by atoms with Gasteiger partial charge in [-0.25, -0.2) is 0 Å². The van der Waals surface area contributed by atoms with E-state index < -0.39 is 255 Å². The summed E-state index contributed by atoms with van der Waals surface area (Å²) in [6, 6.07) is 0. The van der Waals surface area contributed by atoms with E-state index in [-0.39, 0.29) is 0 Å². The Hall–Kier alpha value is -1.36. The summed E-state index contributed by atoms with van der Waals surface area (Å²) in [6.45, 7) is -4.83. The SMILES string of the molecule is CC1O[C@H]2O[C@H]3C(CO)O[C@@H](O[C@H]4C(CO)O[C@@H](O[C@H]5C(CO)O[C@@H](O[C@H]6C(CO)O[C@@H](O[C@H]7C(CO)O[C@@H](O[C@H]8C(CO)O[C@@H](O[C@@H]1[C@H](O)C2O)C(O)[C@H]8O)C(O)[C@H]7O)C(O)[C@H]6O)C(O)[C@H]5O)C(O)[C@H]4O)C(O)[C@H]3O. The van der Waals surface area contributed by atoms with Gasteiger partial charge in [-0.15, -0.1) is 0 Å². The van der Waals surface area contributed by atoms with Gasteiger partial charge in [-0.05, 0) is 6.92 Å². The molecule has 34 heteroatoms. The average Bonchev–Trinajstić information content (AvgIpc) is 3.42. The Bertz CT molecular complexity index is 1800. The maximum atomic E-state index is 11.3. The minimum atomic E-state index is -2.20. The maximum Gasteiger partial charge on any atom is 0.187 e. The number of ether oxygens (including phenoxy) is 14. The highest BCUT2D eigenvalue weighted by atomic mass is 16.8. The van der Waals surface area contributed by atoms with Crippen LogP contribution >= 0.6 is 0 Å². The lowest BCUT2D eigenvalue weighted by molar-refractivity contribution is -0.396. The van der Waals surface area contributed by atoms with Crippen molar-refractivity contribution in [3.05, 3.63) is 0 Å². The molecule has 0 amide bonds. The molecule has 21 aliphatic rings. The molecule has 76 heavy (non-hydrogen) atoms. The first kappa shape index (κ1) is 60.7. The largest absolute Gasteiger partial charge is 0.394 e. The van der Waals surface area contributed by atoms with Gasteiger partial charge in [0.15, 0.2) is 44.0 Å². The molecule has 21 fully saturated rings. The Labute approximate surface area is 429 Å². The van der Waals surface area contributed by atoms with Gasteiger partial charge in [0.05, 0.1) is 45.7 Å². The Morgan fingerprint density at radius 3 is 0.513 bits per heavy atom. The number of rotatable bonds is 6. The minimum Gasteiger partial charge on any atom is -0.394 e. The van der Waals surface area contributed by atoms with Crippen LogP contribution in [0.15, 0.2) is 0 Å². The van der Waals surface area contributed by atoms with Crippen molar-refractivity contribution in [1.29, 1.82) is 0 Å². The first-order valence-corrected chi connectivity index (χ1v) is 24.5. The average molecular weight is 1120 g/mol. The molecular weight excluding hydrogens is 1050 g/mol. The third-order valence-electron chi connectivity index (χ3n) is 14.7. The first-order chi connectivity index (χ1) is 36.1. The molecule has 34 nitrogen and oxygen atoms in total. The van der Waals surface area contributed by atoms with Gasteiger partial charge in [0, 0.05) is 0 Å². The molecule has 21 saturated heterocycles. The Morgan fingerprint density at radius 2 is 0.342 bits per heavy atom. The summed E-state index contributed by atoms with van der Waals surface area (Å²) in [5, 5.41) is 220. The molecule has 14 unspecified atom stereocenters. The van der Waals surface area contributed by atoms with Crippen LogP contribution in [0.25, 0.3) is 0 Å². The maximum absolute atomic E-state index is 11.3. The normalized spacial score (nSPS) is 55.9. The van der Waals surface area contributed by atoms with Gasteiger partial charge in [0.2, 0.25) is 0 Å². The minimum absolute atomic E-state index is 0.999. The van der Waals surface area contributed by atoms with Crippen LogP contribution < -0.4 is 0 Å². The zero-order valence-electron chi connectivity index (χ0n) is 40.1. The quantitative estimate of drug-likeness (QED) is 0.117. The highest BCUT2D eigenvalue weighted by molar-refractivity contribution is 5.01. The summed E-state index contributed by atoms with van der Waals surface area (Å²) in [5.41, 5.74) is 0. The first-order valence-electron chi connectivity index (χ1n) is 24.5. The van der Waals surface area contributed by atoms with Crippen LogP contribution in [0.5, 0.6) is 0 Å². The van der Waals surface area contributed by atoms with Crippen LogP contribution in [0.3, 0.4) is 0 Å². The summed E-state index contributed by atoms with van der Waals surface area (Å²) in [7, 11) is 0. The third-order valence-corrected chi connectivity index (χ3v) is 14.7. The molecule has 442 valence electrons. The van der Waals surface area contributed by atoms with Crippen molar-refractivity contribution >= 4 is 0 Å². The highest BCUT2D eigenvalue weighted by Crippen LogP contribution is 2.39. The summed E-state index contributed by atoms with van der Waals surface area (Å²) < 4.78 is 79.8. The number of hydrogen-bond donors (Lipinski definition) is 20. The van der Waals surface area contributed by atoms with E-state index >= 15 is 0 Å². The summed E-state index contributed by atoms with van der Waals surface area (Å²) in [5.74, 6) is 0. The van der Waals surface area contributed by atoms with Crippen molar-refractivity contribution in [3.8, 4) is 0 Å². The Balaban J connectivity index is 1.07. The van der Waals surface area contributed by atoms with Gasteiger partial charge in [0.25, 0.3) is 0 Å². The van der Waals surface area contributed by atoms with Gasteiger partial charge >= 0.3 is 0 Å². The van der Waals surface area contributed by atoms with Crippen LogP contribution in [0, 0.1) is 0 Å². The summed E-state index contributed by atoms with van der Waals surface area (Å²) in [6.07, 6.45) is -68.2. The second-order valence-electron chi connectivity index (χ2n) is 19.6. The molecule has 0 aromatic rings. The summed E-state index contributed by atoms with van der Waals surface area (Å²) >= 11 is 0. The number of aliphatic hydroxyl groups excluding tert-OH is 20. The Kier molecular flexibility index (Phi) is 20.3. The van der Waals surface area contributed by atoms with Crippen LogP contribution in [0.4, 0.5) is 0 Å². The molecule has 0 spiro atoms. The molecule has 0 aromatic carbocycles. The van der Waals surface area contributed by atoms with E-state index in [1.807, 2.05) is 0 Å². The van der Waals surface area contributed by atoms with Gasteiger partial charge in [-0.1, -0.05) is 0 Å². The monoisotopic (exact) mass is 1120 g/mol. The van der Waals surface area contributed by atoms with Gasteiger partial charge in [-0.3, -0.25) is 0 Å². The number of hydrogen-bond acceptors (Lipinski definition) is 34. The van der Waals surface area contributed by atoms with E-state index in [4.69, 9.17) is 66.3 Å². The predicted octanol–water partition coefficient (Wildman–Crippen LogP) is -14.2. The van der Waals surface area contributed by atoms with Crippen molar-refractivity contribution in [3.63, 3.8) is 0 Å². The van der Waals surface area contributed by atoms with Gasteiger partial charge in [-0.2, -0.15) is 0 Å². The molecule has 35 atom stereocenters. The van der Waals surface area contributed by atoms with Crippen LogP contribution in [-0.2, 0) is 66.3 Å². The smallest absolute Gasteiger partial charge is 0.187 e. The van der Waals surface area contributed by atoms with Crippen LogP contribution in [0.2, 0.25) is 0 Å². The molecular formula is C42H70O34. The third kappa shape index (κ3) is 11.7. The van der Waals surface area contributed by atoms with E-state index in [2.05, 4.69) is 0 Å². The zero-order chi connectivity index (χ0) is 55.3. The fraction of sp³-hybridized carbons (Fsp3) is 1.00. The zero-order valence-corrected chi connectivity index (χ0v) is 40.1. The van der Waals surface area contributed by atoms with Crippen molar-refractivity contribution in [2.75, 3.05) is 39.6 Å². The topological polar surface area (TPSA) is 534 Å². The molecule has 0 saturated carbocycles. The van der Waals surface area contributed by atoms with E-state index in [0.29, 0.717) is 0 Å². The van der Waals surface area contributed by atoms with Gasteiger partial charge in [0.1, 0.15) is 165 Å². The molecule has 21 heterocycles. The van der Waals surface area contributed by atoms with E-state index in [1.54, 1.807) is 0 Å². The molecule has 21 rings (SSSR count). The number of aliphatic hydroxyl groups is 20. The summed E-state index contributed by atoms with van der Waals surface area (Å²) in [4.78, 5) is 0. The lowest BCUT2D eigenvalue weighted by Gasteiger charge is -2.50. The standard InChI is InChI=1S/C42H70O34/c1-8-29-15(49)22(56)36(63-8)71-30-9(2-43)65-38(24(58)17(30)51)73-32-11(4-45)67-40(26(60)19(32)53)75-34-13(6-47)69-42(28(62)21(34)55)76-35-14(7-48)68-41(27(61)20(35)54)74-33-12(5-46)66-39(25(59)18(33)52)72-31-10(3-44)64-37(70-29)23(57)16(31)50/h8-62H,2-7H2,1H3/t8?,9?,10?,11?,12?,13?,14?,15-,16-,17-,18-,19-,20-,21-,22?,23?,24?,25?,26?,27?,28?,29+,30+,31+,32+,33+,34+,35+,36+,37+,38+,39+,40+,41+,42+/m1/s1. The van der Waals surface area contributed by atoms with Crippen molar-refractivity contribution in [1.82, 2.24) is 0 Å². The second kappa shape index (κ2) is 25.4. The van der Waals surface area contributed by atoms with E-state index in [1.165, 1.54) is 6.92 Å². The highest BCUT2D eigenvalue weighted by Gasteiger charge is 2.59. The molecule has 0 aliphatic carbocycles. The second-order valence-corrected chi connectivity index (χ2v) is 19.6. The molecule has 20 N–H and O–H groups in total. The van der Waals surface area contributed by atoms with Crippen LogP contribution in [0.1, 0.15) is 6.92 Å². The fourth-order valence-electron chi connectivity index (χ4n) is 10.4. The van der Waals surface area contributed by atoms with Crippen molar-refractivity contribution in [2.24, 2.45) is 0 Å². The van der Waals surface area contributed by atoms with Crippen LogP contribution in [-0.4, -0.2) is 357 Å². The van der Waals surface area contributed by atoms with E-state index in [0.717, 1.165) is 0 Å².